The molecule has 0 unspecified atom stereocenters. The van der Waals surface area contributed by atoms with Crippen molar-refractivity contribution in [3.8, 4) is 5.75 Å². The van der Waals surface area contributed by atoms with E-state index in [1.54, 1.807) is 18.2 Å². The molecule has 0 aromatic heterocycles. The van der Waals surface area contributed by atoms with Crippen LogP contribution in [0.25, 0.3) is 0 Å². The van der Waals surface area contributed by atoms with Crippen molar-refractivity contribution in [2.24, 2.45) is 0 Å². The Hall–Kier alpha value is -3.10. The number of amides is 1. The minimum absolute atomic E-state index is 0.227. The number of carbonyl (C=O) groups is 2. The molecule has 0 radical (unpaired) electrons. The molecule has 2 rings (SSSR count). The molecule has 0 fully saturated rings. The molecule has 0 atom stereocenters. The molecule has 0 saturated heterocycles. The van der Waals surface area contributed by atoms with Gasteiger partial charge in [-0.15, -0.1) is 0 Å². The van der Waals surface area contributed by atoms with Gasteiger partial charge in [0.05, 0.1) is 32.0 Å². The highest BCUT2D eigenvalue weighted by molar-refractivity contribution is 5.90. The molecule has 180 valence electrons. The smallest absolute Gasteiger partial charge is 0.407 e. The van der Waals surface area contributed by atoms with E-state index in [2.05, 4.69) is 5.32 Å². The fourth-order valence-corrected chi connectivity index (χ4v) is 2.96. The Labute approximate surface area is 194 Å². The Bertz CT molecular complexity index is 878. The van der Waals surface area contributed by atoms with Crippen molar-refractivity contribution in [1.82, 2.24) is 5.32 Å². The number of rotatable bonds is 13. The Morgan fingerprint density at radius 2 is 1.58 bits per heavy atom. The summed E-state index contributed by atoms with van der Waals surface area (Å²) in [5.41, 5.74) is 1.62. The first kappa shape index (κ1) is 26.2. The lowest BCUT2D eigenvalue weighted by atomic mass is 9.83. The number of carboxylic acids is 1. The van der Waals surface area contributed by atoms with Crippen molar-refractivity contribution in [3.05, 3.63) is 65.2 Å². The average Bonchev–Trinajstić information content (AvgIpc) is 2.78. The molecule has 0 heterocycles. The number of ether oxygens (including phenoxy) is 4. The van der Waals surface area contributed by atoms with Crippen LogP contribution in [0.4, 0.5) is 4.79 Å². The molecule has 2 N–H and O–H groups in total. The summed E-state index contributed by atoms with van der Waals surface area (Å²) in [6.07, 6.45) is -0.484. The lowest BCUT2D eigenvalue weighted by Crippen LogP contribution is -2.28. The number of nitrogens with one attached hydrogen (secondary N) is 1. The van der Waals surface area contributed by atoms with Crippen LogP contribution in [0.15, 0.2) is 48.5 Å². The van der Waals surface area contributed by atoms with E-state index >= 15 is 0 Å². The predicted molar refractivity (Wildman–Crippen MR) is 124 cm³/mol. The van der Waals surface area contributed by atoms with E-state index < -0.39 is 12.1 Å². The lowest BCUT2D eigenvalue weighted by Gasteiger charge is -2.22. The van der Waals surface area contributed by atoms with Crippen LogP contribution in [0.2, 0.25) is 0 Å². The van der Waals surface area contributed by atoms with Crippen molar-refractivity contribution >= 4 is 12.1 Å². The number of hydrogen-bond donors (Lipinski definition) is 2. The summed E-state index contributed by atoms with van der Waals surface area (Å²) in [6, 6.07) is 14.4. The summed E-state index contributed by atoms with van der Waals surface area (Å²) in [7, 11) is 0. The molecular formula is C25H33NO7. The lowest BCUT2D eigenvalue weighted by molar-refractivity contribution is 0.0369. The van der Waals surface area contributed by atoms with Gasteiger partial charge in [0.2, 0.25) is 0 Å². The third-order valence-corrected chi connectivity index (χ3v) is 4.63. The first-order valence-corrected chi connectivity index (χ1v) is 10.9. The quantitative estimate of drug-likeness (QED) is 0.436. The summed E-state index contributed by atoms with van der Waals surface area (Å²) >= 11 is 0. The number of carboxylic acid groups (broad SMARTS) is 1. The third-order valence-electron chi connectivity index (χ3n) is 4.63. The number of aromatic carboxylic acids is 1. The predicted octanol–water partition coefficient (Wildman–Crippen LogP) is 4.02. The van der Waals surface area contributed by atoms with Crippen molar-refractivity contribution < 1.29 is 33.6 Å². The average molecular weight is 460 g/mol. The minimum atomic E-state index is -0.950. The fraction of sp³-hybridized carbons (Fsp3) is 0.440. The van der Waals surface area contributed by atoms with Gasteiger partial charge in [-0.1, -0.05) is 51.1 Å². The van der Waals surface area contributed by atoms with Crippen LogP contribution < -0.4 is 10.1 Å². The monoisotopic (exact) mass is 459 g/mol. The van der Waals surface area contributed by atoms with E-state index in [-0.39, 0.29) is 17.6 Å². The highest BCUT2D eigenvalue weighted by Crippen LogP contribution is 2.29. The van der Waals surface area contributed by atoms with Crippen molar-refractivity contribution in [1.29, 1.82) is 0 Å². The van der Waals surface area contributed by atoms with Crippen LogP contribution in [-0.2, 0) is 26.2 Å². The largest absolute Gasteiger partial charge is 0.491 e. The fourth-order valence-electron chi connectivity index (χ4n) is 2.96. The standard InChI is InChI=1S/C25H33NO7/c1-25(2,3)22-17-20(9-10-21(22)23(27)28)32-16-15-31-14-13-30-12-11-26-24(29)33-18-19-7-5-4-6-8-19/h4-10,17H,11-16,18H2,1-3H3,(H,26,29)(H,27,28). The Morgan fingerprint density at radius 1 is 0.909 bits per heavy atom. The molecule has 0 saturated carbocycles. The van der Waals surface area contributed by atoms with Gasteiger partial charge in [-0.2, -0.15) is 0 Å². The van der Waals surface area contributed by atoms with Gasteiger partial charge < -0.3 is 29.4 Å². The molecule has 33 heavy (non-hydrogen) atoms. The maximum atomic E-state index is 11.6. The number of carbonyl (C=O) groups excluding carboxylic acids is 1. The van der Waals surface area contributed by atoms with Crippen LogP contribution in [0, 0.1) is 0 Å². The molecule has 0 bridgehead atoms. The van der Waals surface area contributed by atoms with Gasteiger partial charge in [0.25, 0.3) is 0 Å². The highest BCUT2D eigenvalue weighted by atomic mass is 16.6. The molecule has 8 nitrogen and oxygen atoms in total. The maximum absolute atomic E-state index is 11.6. The first-order chi connectivity index (χ1) is 15.8. The highest BCUT2D eigenvalue weighted by Gasteiger charge is 2.22. The van der Waals surface area contributed by atoms with Crippen molar-refractivity contribution in [2.75, 3.05) is 39.6 Å². The minimum Gasteiger partial charge on any atom is -0.491 e. The molecule has 0 spiro atoms. The molecular weight excluding hydrogens is 426 g/mol. The van der Waals surface area contributed by atoms with E-state index in [1.165, 1.54) is 0 Å². The summed E-state index contributed by atoms with van der Waals surface area (Å²) in [4.78, 5) is 23.0. The van der Waals surface area contributed by atoms with Gasteiger partial charge in [0.15, 0.2) is 0 Å². The zero-order valence-electron chi connectivity index (χ0n) is 19.5. The molecule has 0 aliphatic carbocycles. The van der Waals surface area contributed by atoms with Gasteiger partial charge in [-0.05, 0) is 34.7 Å². The Kier molecular flexibility index (Phi) is 10.7. The van der Waals surface area contributed by atoms with Gasteiger partial charge in [0, 0.05) is 6.54 Å². The summed E-state index contributed by atoms with van der Waals surface area (Å²) < 4.78 is 21.7. The number of benzene rings is 2. The zero-order chi connectivity index (χ0) is 24.1. The van der Waals surface area contributed by atoms with Crippen LogP contribution in [-0.4, -0.2) is 56.7 Å². The summed E-state index contributed by atoms with van der Waals surface area (Å²) in [5.74, 6) is -0.343. The van der Waals surface area contributed by atoms with E-state index in [0.29, 0.717) is 45.3 Å². The summed E-state index contributed by atoms with van der Waals surface area (Å²) in [6.45, 7) is 8.31. The second-order valence-electron chi connectivity index (χ2n) is 8.32. The molecule has 2 aromatic rings. The van der Waals surface area contributed by atoms with Crippen LogP contribution in [0.5, 0.6) is 5.75 Å². The van der Waals surface area contributed by atoms with E-state index in [1.807, 2.05) is 51.1 Å². The maximum Gasteiger partial charge on any atom is 0.407 e. The van der Waals surface area contributed by atoms with Gasteiger partial charge in [-0.3, -0.25) is 0 Å². The second kappa shape index (κ2) is 13.4. The normalized spacial score (nSPS) is 11.1. The zero-order valence-corrected chi connectivity index (χ0v) is 19.5. The summed E-state index contributed by atoms with van der Waals surface area (Å²) in [5, 5.41) is 12.0. The Morgan fingerprint density at radius 3 is 2.24 bits per heavy atom. The molecule has 2 aromatic carbocycles. The topological polar surface area (TPSA) is 103 Å². The van der Waals surface area contributed by atoms with E-state index in [4.69, 9.17) is 18.9 Å². The van der Waals surface area contributed by atoms with Gasteiger partial charge >= 0.3 is 12.1 Å². The van der Waals surface area contributed by atoms with Crippen molar-refractivity contribution in [3.63, 3.8) is 0 Å². The molecule has 0 aliphatic heterocycles. The first-order valence-electron chi connectivity index (χ1n) is 10.9. The number of alkyl carbamates (subject to hydrolysis) is 1. The van der Waals surface area contributed by atoms with Crippen LogP contribution in [0.1, 0.15) is 42.3 Å². The molecule has 8 heteroatoms. The molecule has 1 amide bonds. The van der Waals surface area contributed by atoms with Gasteiger partial charge in [-0.25, -0.2) is 9.59 Å². The second-order valence-corrected chi connectivity index (χ2v) is 8.32. The van der Waals surface area contributed by atoms with Crippen LogP contribution >= 0.6 is 0 Å². The van der Waals surface area contributed by atoms with Gasteiger partial charge in [0.1, 0.15) is 19.0 Å². The SMILES string of the molecule is CC(C)(C)c1cc(OCCOCCOCCNC(=O)OCc2ccccc2)ccc1C(=O)O. The van der Waals surface area contributed by atoms with Crippen LogP contribution in [0.3, 0.4) is 0 Å². The molecule has 0 aliphatic rings. The van der Waals surface area contributed by atoms with E-state index in [9.17, 15) is 14.7 Å². The third kappa shape index (κ3) is 9.93. The Balaban J connectivity index is 1.52. The number of hydrogen-bond acceptors (Lipinski definition) is 6. The van der Waals surface area contributed by atoms with Crippen molar-refractivity contribution in [2.45, 2.75) is 32.8 Å². The van der Waals surface area contributed by atoms with E-state index in [0.717, 1.165) is 11.1 Å².